The molecule has 0 aliphatic rings. The Morgan fingerprint density at radius 3 is 2.29 bits per heavy atom. The highest BCUT2D eigenvalue weighted by Crippen LogP contribution is 2.36. The summed E-state index contributed by atoms with van der Waals surface area (Å²) in [6, 6.07) is 5.26. The molecule has 0 unspecified atom stereocenters. The first kappa shape index (κ1) is 16.9. The highest BCUT2D eigenvalue weighted by atomic mass is 35.5. The number of nitrogens with zero attached hydrogens (tertiary/aromatic N) is 3. The monoisotopic (exact) mass is 365 g/mol. The molecule has 7 heteroatoms. The molecule has 0 saturated carbocycles. The first-order valence-electron chi connectivity index (χ1n) is 7.50. The molecule has 0 bridgehead atoms. The predicted octanol–water partition coefficient (Wildman–Crippen LogP) is 3.59. The molecule has 0 aliphatic carbocycles. The minimum absolute atomic E-state index is 0.0824. The fourth-order valence-corrected chi connectivity index (χ4v) is 3.42. The van der Waals surface area contributed by atoms with Gasteiger partial charge in [0.15, 0.2) is 0 Å². The molecule has 0 fully saturated rings. The van der Waals surface area contributed by atoms with Crippen molar-refractivity contribution in [3.8, 4) is 11.3 Å². The summed E-state index contributed by atoms with van der Waals surface area (Å²) < 4.78 is 4.55. The number of fused-ring (bicyclic) bond motifs is 1. The molecule has 0 amide bonds. The zero-order valence-electron chi connectivity index (χ0n) is 13.8. The van der Waals surface area contributed by atoms with Gasteiger partial charge in [-0.3, -0.25) is 13.9 Å². The van der Waals surface area contributed by atoms with Crippen LogP contribution >= 0.6 is 23.2 Å². The number of benzene rings is 1. The van der Waals surface area contributed by atoms with Crippen molar-refractivity contribution in [2.24, 2.45) is 14.1 Å². The van der Waals surface area contributed by atoms with E-state index in [1.54, 1.807) is 25.2 Å². The Hall–Kier alpha value is -1.98. The Balaban J connectivity index is 2.57. The van der Waals surface area contributed by atoms with Gasteiger partial charge in [-0.25, -0.2) is 4.79 Å². The van der Waals surface area contributed by atoms with Crippen LogP contribution in [0.4, 0.5) is 0 Å². The van der Waals surface area contributed by atoms with Gasteiger partial charge in [0, 0.05) is 36.9 Å². The van der Waals surface area contributed by atoms with Crippen molar-refractivity contribution >= 4 is 34.1 Å². The molecule has 5 nitrogen and oxygen atoms in total. The van der Waals surface area contributed by atoms with Gasteiger partial charge in [0.05, 0.1) is 21.6 Å². The molecule has 0 aliphatic heterocycles. The number of halogens is 2. The zero-order valence-corrected chi connectivity index (χ0v) is 15.3. The van der Waals surface area contributed by atoms with E-state index in [4.69, 9.17) is 23.2 Å². The van der Waals surface area contributed by atoms with Gasteiger partial charge in [0.1, 0.15) is 0 Å². The molecule has 2 heterocycles. The van der Waals surface area contributed by atoms with Crippen LogP contribution in [0.3, 0.4) is 0 Å². The number of hydrogen-bond donors (Lipinski definition) is 0. The van der Waals surface area contributed by atoms with Crippen molar-refractivity contribution < 1.29 is 0 Å². The number of rotatable bonds is 2. The lowest BCUT2D eigenvalue weighted by Gasteiger charge is -2.14. The van der Waals surface area contributed by atoms with Crippen molar-refractivity contribution in [1.82, 2.24) is 13.7 Å². The van der Waals surface area contributed by atoms with E-state index < -0.39 is 0 Å². The van der Waals surface area contributed by atoms with Gasteiger partial charge in [0.2, 0.25) is 0 Å². The van der Waals surface area contributed by atoms with E-state index in [1.165, 1.54) is 11.6 Å². The molecule has 3 aromatic rings. The third-order valence-electron chi connectivity index (χ3n) is 4.21. The van der Waals surface area contributed by atoms with E-state index in [-0.39, 0.29) is 17.3 Å². The molecule has 0 radical (unpaired) electrons. The third-order valence-corrected chi connectivity index (χ3v) is 4.76. The predicted molar refractivity (Wildman–Crippen MR) is 98.3 cm³/mol. The normalized spacial score (nSPS) is 11.6. The van der Waals surface area contributed by atoms with Gasteiger partial charge in [-0.2, -0.15) is 0 Å². The van der Waals surface area contributed by atoms with Crippen LogP contribution < -0.4 is 11.2 Å². The third kappa shape index (κ3) is 2.39. The van der Waals surface area contributed by atoms with Crippen molar-refractivity contribution in [3.05, 3.63) is 55.3 Å². The Morgan fingerprint density at radius 1 is 1.04 bits per heavy atom. The molecule has 0 N–H and O–H groups in total. The van der Waals surface area contributed by atoms with Crippen molar-refractivity contribution in [1.29, 1.82) is 0 Å². The molecule has 3 rings (SSSR count). The largest absolute Gasteiger partial charge is 0.342 e. The van der Waals surface area contributed by atoms with Crippen LogP contribution in [0.2, 0.25) is 10.0 Å². The summed E-state index contributed by atoms with van der Waals surface area (Å²) in [6.07, 6.45) is 1.82. The molecular weight excluding hydrogens is 349 g/mol. The van der Waals surface area contributed by atoms with Gasteiger partial charge >= 0.3 is 5.69 Å². The summed E-state index contributed by atoms with van der Waals surface area (Å²) in [6.45, 7) is 4.02. The fraction of sp³-hybridized carbons (Fsp3) is 0.294. The summed E-state index contributed by atoms with van der Waals surface area (Å²) in [4.78, 5) is 25.0. The van der Waals surface area contributed by atoms with E-state index in [0.29, 0.717) is 32.2 Å². The summed E-state index contributed by atoms with van der Waals surface area (Å²) >= 11 is 12.4. The first-order valence-corrected chi connectivity index (χ1v) is 8.25. The van der Waals surface area contributed by atoms with E-state index in [9.17, 15) is 9.59 Å². The van der Waals surface area contributed by atoms with Gasteiger partial charge in [-0.1, -0.05) is 23.2 Å². The second-order valence-corrected chi connectivity index (χ2v) is 6.91. The highest BCUT2D eigenvalue weighted by molar-refractivity contribution is 6.36. The fourth-order valence-electron chi connectivity index (χ4n) is 2.92. The Labute approximate surface area is 148 Å². The quantitative estimate of drug-likeness (QED) is 0.696. The highest BCUT2D eigenvalue weighted by Gasteiger charge is 2.21. The molecule has 2 aromatic heterocycles. The molecule has 126 valence electrons. The van der Waals surface area contributed by atoms with Crippen LogP contribution in [-0.4, -0.2) is 13.7 Å². The number of aryl methyl sites for hydroxylation is 1. The molecular formula is C17H17Cl2N3O2. The lowest BCUT2D eigenvalue weighted by atomic mass is 10.1. The minimum Gasteiger partial charge on any atom is -0.342 e. The smallest absolute Gasteiger partial charge is 0.330 e. The topological polar surface area (TPSA) is 48.9 Å². The Morgan fingerprint density at radius 2 is 1.71 bits per heavy atom. The van der Waals surface area contributed by atoms with Crippen LogP contribution in [0.15, 0.2) is 34.0 Å². The maximum absolute atomic E-state index is 12.8. The summed E-state index contributed by atoms with van der Waals surface area (Å²) in [7, 11) is 3.13. The molecule has 0 saturated heterocycles. The Kier molecular flexibility index (Phi) is 4.10. The average molecular weight is 366 g/mol. The minimum atomic E-state index is -0.359. The second-order valence-electron chi connectivity index (χ2n) is 6.07. The lowest BCUT2D eigenvalue weighted by molar-refractivity contribution is 0.610. The lowest BCUT2D eigenvalue weighted by Crippen LogP contribution is -2.36. The van der Waals surface area contributed by atoms with Gasteiger partial charge in [-0.15, -0.1) is 0 Å². The zero-order chi connectivity index (χ0) is 17.8. The van der Waals surface area contributed by atoms with Gasteiger partial charge in [0.25, 0.3) is 5.56 Å². The van der Waals surface area contributed by atoms with Crippen molar-refractivity contribution in [3.63, 3.8) is 0 Å². The molecule has 0 spiro atoms. The van der Waals surface area contributed by atoms with Crippen LogP contribution in [0, 0.1) is 0 Å². The van der Waals surface area contributed by atoms with Crippen LogP contribution in [0.1, 0.15) is 19.9 Å². The second kappa shape index (κ2) is 5.83. The Bertz CT molecular complexity index is 1070. The van der Waals surface area contributed by atoms with E-state index in [2.05, 4.69) is 0 Å². The van der Waals surface area contributed by atoms with Crippen molar-refractivity contribution in [2.45, 2.75) is 19.9 Å². The van der Waals surface area contributed by atoms with E-state index in [1.807, 2.05) is 24.6 Å². The van der Waals surface area contributed by atoms with Crippen molar-refractivity contribution in [2.75, 3.05) is 0 Å². The van der Waals surface area contributed by atoms with E-state index in [0.717, 1.165) is 4.57 Å². The maximum atomic E-state index is 12.8. The van der Waals surface area contributed by atoms with Crippen LogP contribution in [0.5, 0.6) is 0 Å². The summed E-state index contributed by atoms with van der Waals surface area (Å²) in [5, 5.41) is 1.45. The van der Waals surface area contributed by atoms with Gasteiger partial charge < -0.3 is 4.57 Å². The summed E-state index contributed by atoms with van der Waals surface area (Å²) in [5.41, 5.74) is 1.28. The standard InChI is InChI=1S/C17H17Cl2N3O2/c1-9(2)22-8-13-14(16(23)21(4)17(24)20(13)3)15(22)11-6-5-10(18)7-12(11)19/h5-9H,1-4H3. The average Bonchev–Trinajstić information content (AvgIpc) is 2.91. The SMILES string of the molecule is CC(C)n1cc2c(c1-c1ccc(Cl)cc1Cl)c(=O)n(C)c(=O)n2C. The first-order chi connectivity index (χ1) is 11.2. The molecule has 0 atom stereocenters. The molecule has 1 aromatic carbocycles. The van der Waals surface area contributed by atoms with Gasteiger partial charge in [-0.05, 0) is 32.0 Å². The number of aromatic nitrogens is 3. The van der Waals surface area contributed by atoms with Crippen LogP contribution in [-0.2, 0) is 14.1 Å². The van der Waals surface area contributed by atoms with Crippen LogP contribution in [0.25, 0.3) is 22.2 Å². The van der Waals surface area contributed by atoms with E-state index >= 15 is 0 Å². The summed E-state index contributed by atoms with van der Waals surface area (Å²) in [5.74, 6) is 0. The molecule has 24 heavy (non-hydrogen) atoms. The number of hydrogen-bond acceptors (Lipinski definition) is 2. The maximum Gasteiger partial charge on any atom is 0.330 e.